The maximum atomic E-state index is 14.0. The Morgan fingerprint density at radius 1 is 0.529 bits per heavy atom. The number of aliphatic carboxylic acids is 3. The van der Waals surface area contributed by atoms with Crippen LogP contribution in [0.4, 0.5) is 0 Å². The molecule has 0 fully saturated rings. The van der Waals surface area contributed by atoms with E-state index < -0.39 is 152 Å². The van der Waals surface area contributed by atoms with Crippen molar-refractivity contribution in [1.29, 1.82) is 0 Å². The van der Waals surface area contributed by atoms with Gasteiger partial charge in [0.25, 0.3) is 0 Å². The molecule has 0 heterocycles. The van der Waals surface area contributed by atoms with E-state index in [1.165, 1.54) is 24.3 Å². The largest absolute Gasteiger partial charge is 0.508 e. The number of aliphatic hydroxyl groups excluding tert-OH is 1. The molecule has 0 saturated carbocycles. The quantitative estimate of drug-likeness (QED) is 0.0438. The molecule has 0 spiro atoms. The third-order valence-electron chi connectivity index (χ3n) is 10.7. The minimum Gasteiger partial charge on any atom is -0.508 e. The van der Waals surface area contributed by atoms with E-state index in [4.69, 9.17) is 10.8 Å². The van der Waals surface area contributed by atoms with E-state index in [0.29, 0.717) is 12.0 Å². The number of nitrogens with two attached hydrogens (primary N) is 1. The Morgan fingerprint density at radius 3 is 1.47 bits per heavy atom. The standard InChI is InChI=1S/C45H64N8O15/c1-6-24(4)37(52-44(67)36(23(2)3)51-39(62)29(46)20-26-10-8-7-9-11-26)45(68)49-31(17-19-34(58)59)40(63)48-30(16-18-33(56)57)41(64)50-32(21-27-12-14-28(55)15-13-27)42(65)53-38(25(5)54)43(66)47-22-35(60)61/h7-15,23-25,29-32,36-38,54-55H,6,16-22,46H2,1-5H3,(H,47,66)(H,48,63)(H,49,68)(H,50,64)(H,51,62)(H,52,67)(H,53,65)(H,56,57)(H,58,59)(H,60,61)/t24-,25+,29-,30-,31-,32-,36-,37-,38-/m0/s1. The van der Waals surface area contributed by atoms with Gasteiger partial charge in [0.2, 0.25) is 41.4 Å². The van der Waals surface area contributed by atoms with Gasteiger partial charge in [-0.05, 0) is 61.3 Å². The van der Waals surface area contributed by atoms with Gasteiger partial charge in [0.15, 0.2) is 0 Å². The van der Waals surface area contributed by atoms with Crippen LogP contribution in [-0.4, -0.2) is 140 Å². The van der Waals surface area contributed by atoms with E-state index in [1.54, 1.807) is 58.0 Å². The number of aromatic hydroxyl groups is 1. The molecule has 0 aliphatic rings. The van der Waals surface area contributed by atoms with Gasteiger partial charge in [-0.25, -0.2) is 0 Å². The minimum absolute atomic E-state index is 0.148. The molecule has 23 nitrogen and oxygen atoms in total. The van der Waals surface area contributed by atoms with E-state index in [1.807, 2.05) is 5.32 Å². The Labute approximate surface area is 392 Å². The summed E-state index contributed by atoms with van der Waals surface area (Å²) >= 11 is 0. The molecule has 374 valence electrons. The number of carbonyl (C=O) groups is 10. The summed E-state index contributed by atoms with van der Waals surface area (Å²) in [5.74, 6) is -12.3. The number of aliphatic hydroxyl groups is 1. The number of phenols is 1. The zero-order valence-corrected chi connectivity index (χ0v) is 38.5. The van der Waals surface area contributed by atoms with Crippen molar-refractivity contribution < 1.29 is 73.5 Å². The number of carbonyl (C=O) groups excluding carboxylic acids is 7. The Kier molecular flexibility index (Phi) is 23.6. The predicted octanol–water partition coefficient (Wildman–Crippen LogP) is -1.57. The van der Waals surface area contributed by atoms with Crippen molar-refractivity contribution in [3.63, 3.8) is 0 Å². The first-order valence-corrected chi connectivity index (χ1v) is 21.9. The van der Waals surface area contributed by atoms with Crippen LogP contribution in [0.5, 0.6) is 5.75 Å². The molecule has 9 atom stereocenters. The van der Waals surface area contributed by atoms with Gasteiger partial charge in [-0.3, -0.25) is 47.9 Å². The molecular weight excluding hydrogens is 893 g/mol. The van der Waals surface area contributed by atoms with Gasteiger partial charge in [0.05, 0.1) is 12.1 Å². The summed E-state index contributed by atoms with van der Waals surface area (Å²) in [4.78, 5) is 130. The van der Waals surface area contributed by atoms with Gasteiger partial charge in [-0.2, -0.15) is 0 Å². The SMILES string of the molecule is CC[C@H](C)[C@H](NC(=O)[C@@H](NC(=O)[C@@H](N)Cc1ccccc1)C(C)C)C(=O)N[C@@H](CCC(=O)O)C(=O)N[C@@H](CCC(=O)O)C(=O)N[C@@H](Cc1ccc(O)cc1)C(=O)N[C@H](C(=O)NCC(=O)O)[C@@H](C)O. The van der Waals surface area contributed by atoms with Crippen LogP contribution < -0.4 is 43.0 Å². The first-order chi connectivity index (χ1) is 31.9. The second-order valence-electron chi connectivity index (χ2n) is 16.7. The Bertz CT molecular complexity index is 2070. The Hall–Kier alpha value is -7.14. The third kappa shape index (κ3) is 19.8. The normalized spacial score (nSPS) is 15.0. The Morgan fingerprint density at radius 2 is 0.985 bits per heavy atom. The molecule has 7 amide bonds. The number of hydrogen-bond acceptors (Lipinski definition) is 13. The molecular formula is C45H64N8O15. The number of hydrogen-bond donors (Lipinski definition) is 13. The molecule has 2 aromatic rings. The van der Waals surface area contributed by atoms with Crippen molar-refractivity contribution >= 4 is 59.3 Å². The fraction of sp³-hybridized carbons (Fsp3) is 0.511. The Balaban J connectivity index is 2.42. The molecule has 0 aliphatic carbocycles. The van der Waals surface area contributed by atoms with Crippen LogP contribution in [0.25, 0.3) is 0 Å². The second-order valence-corrected chi connectivity index (χ2v) is 16.7. The fourth-order valence-electron chi connectivity index (χ4n) is 6.59. The van der Waals surface area contributed by atoms with E-state index in [9.17, 15) is 68.4 Å². The fourth-order valence-corrected chi connectivity index (χ4v) is 6.59. The van der Waals surface area contributed by atoms with Gasteiger partial charge >= 0.3 is 17.9 Å². The first kappa shape index (κ1) is 57.0. The molecule has 0 unspecified atom stereocenters. The zero-order valence-electron chi connectivity index (χ0n) is 38.5. The first-order valence-electron chi connectivity index (χ1n) is 21.9. The molecule has 0 aromatic heterocycles. The molecule has 23 heteroatoms. The molecule has 0 bridgehead atoms. The van der Waals surface area contributed by atoms with E-state index in [0.717, 1.165) is 12.5 Å². The number of phenolic OH excluding ortho intramolecular Hbond substituents is 1. The molecule has 68 heavy (non-hydrogen) atoms. The van der Waals surface area contributed by atoms with E-state index in [2.05, 4.69) is 31.9 Å². The second kappa shape index (κ2) is 28.1. The lowest BCUT2D eigenvalue weighted by atomic mass is 9.95. The van der Waals surface area contributed by atoms with Crippen LogP contribution >= 0.6 is 0 Å². The summed E-state index contributed by atoms with van der Waals surface area (Å²) in [5, 5.41) is 64.9. The topological polar surface area (TPSA) is 382 Å². The number of rotatable bonds is 29. The van der Waals surface area contributed by atoms with Gasteiger partial charge in [-0.1, -0.05) is 76.6 Å². The van der Waals surface area contributed by atoms with Gasteiger partial charge in [0, 0.05) is 19.3 Å². The maximum absolute atomic E-state index is 14.0. The summed E-state index contributed by atoms with van der Waals surface area (Å²) in [5.41, 5.74) is 7.28. The summed E-state index contributed by atoms with van der Waals surface area (Å²) in [6, 6.07) is 3.90. The lowest BCUT2D eigenvalue weighted by Gasteiger charge is -2.30. The van der Waals surface area contributed by atoms with Crippen molar-refractivity contribution in [2.24, 2.45) is 17.6 Å². The highest BCUT2D eigenvalue weighted by molar-refractivity contribution is 5.98. The van der Waals surface area contributed by atoms with Gasteiger partial charge in [-0.15, -0.1) is 0 Å². The van der Waals surface area contributed by atoms with Crippen LogP contribution in [0, 0.1) is 11.8 Å². The van der Waals surface area contributed by atoms with Gasteiger partial charge < -0.3 is 68.5 Å². The molecule has 2 aromatic carbocycles. The molecule has 0 aliphatic heterocycles. The molecule has 14 N–H and O–H groups in total. The van der Waals surface area contributed by atoms with Crippen molar-refractivity contribution in [3.8, 4) is 5.75 Å². The number of amides is 7. The average Bonchev–Trinajstić information content (AvgIpc) is 3.27. The summed E-state index contributed by atoms with van der Waals surface area (Å²) in [6.07, 6.45) is -4.01. The molecule has 0 radical (unpaired) electrons. The number of benzene rings is 2. The van der Waals surface area contributed by atoms with Gasteiger partial charge in [0.1, 0.15) is 48.5 Å². The summed E-state index contributed by atoms with van der Waals surface area (Å²) in [6.45, 7) is 6.93. The van der Waals surface area contributed by atoms with Crippen molar-refractivity contribution in [2.75, 3.05) is 6.54 Å². The van der Waals surface area contributed by atoms with E-state index >= 15 is 0 Å². The highest BCUT2D eigenvalue weighted by Crippen LogP contribution is 2.15. The lowest BCUT2D eigenvalue weighted by molar-refractivity contribution is -0.140. The predicted molar refractivity (Wildman–Crippen MR) is 242 cm³/mol. The van der Waals surface area contributed by atoms with Crippen LogP contribution in [0.3, 0.4) is 0 Å². The van der Waals surface area contributed by atoms with Crippen LogP contribution in [0.15, 0.2) is 54.6 Å². The highest BCUT2D eigenvalue weighted by Gasteiger charge is 2.36. The minimum atomic E-state index is -1.77. The number of carboxylic acids is 3. The lowest BCUT2D eigenvalue weighted by Crippen LogP contribution is -2.62. The van der Waals surface area contributed by atoms with E-state index in [-0.39, 0.29) is 18.6 Å². The highest BCUT2D eigenvalue weighted by atomic mass is 16.4. The smallest absolute Gasteiger partial charge is 0.322 e. The maximum Gasteiger partial charge on any atom is 0.322 e. The summed E-state index contributed by atoms with van der Waals surface area (Å²) in [7, 11) is 0. The number of carboxylic acid groups (broad SMARTS) is 3. The third-order valence-corrected chi connectivity index (χ3v) is 10.7. The summed E-state index contributed by atoms with van der Waals surface area (Å²) < 4.78 is 0. The molecule has 2 rings (SSSR count). The van der Waals surface area contributed by atoms with Crippen LogP contribution in [-0.2, 0) is 60.8 Å². The van der Waals surface area contributed by atoms with Crippen LogP contribution in [0.1, 0.15) is 77.8 Å². The van der Waals surface area contributed by atoms with Crippen LogP contribution in [0.2, 0.25) is 0 Å². The van der Waals surface area contributed by atoms with Crippen molar-refractivity contribution in [3.05, 3.63) is 65.7 Å². The monoisotopic (exact) mass is 956 g/mol. The van der Waals surface area contributed by atoms with Crippen molar-refractivity contribution in [1.82, 2.24) is 37.2 Å². The molecule has 0 saturated heterocycles. The number of nitrogens with one attached hydrogen (secondary N) is 7. The van der Waals surface area contributed by atoms with Crippen molar-refractivity contribution in [2.45, 2.75) is 128 Å². The average molecular weight is 957 g/mol. The zero-order chi connectivity index (χ0) is 51.2.